The van der Waals surface area contributed by atoms with Gasteiger partial charge in [0.25, 0.3) is 0 Å². The van der Waals surface area contributed by atoms with Gasteiger partial charge < -0.3 is 13.7 Å². The van der Waals surface area contributed by atoms with Crippen LogP contribution in [0.3, 0.4) is 0 Å². The SMILES string of the molecule is c1ccc2c(c1)oc1cc(N(c3ccc4oc5ccccc5c4c3)c3cccc4sc5cc6ccncc6cc5c34)ccc12. The summed E-state index contributed by atoms with van der Waals surface area (Å²) in [7, 11) is 0. The van der Waals surface area contributed by atoms with Gasteiger partial charge in [0.2, 0.25) is 0 Å². The highest BCUT2D eigenvalue weighted by Crippen LogP contribution is 2.47. The molecule has 0 bridgehead atoms. The number of benzene rings is 6. The first-order valence-corrected chi connectivity index (χ1v) is 15.4. The second kappa shape index (κ2) is 8.93. The van der Waals surface area contributed by atoms with Crippen molar-refractivity contribution in [3.05, 3.63) is 134 Å². The standard InChI is InChI=1S/C39H22N2O2S/c1-3-9-33-27(6-1)29-14-12-26(21-36(29)43-33)41(25-13-15-35-30(20-25)28-7-2-4-10-34(28)42-35)32-8-5-11-37-39(32)31-18-24-22-40-17-16-23(24)19-38(31)44-37/h1-22H. The smallest absolute Gasteiger partial charge is 0.137 e. The number of thiophene rings is 1. The Bertz CT molecular complexity index is 2750. The van der Waals surface area contributed by atoms with Gasteiger partial charge in [-0.05, 0) is 78.2 Å². The number of furan rings is 2. The molecule has 4 heterocycles. The average molecular weight is 583 g/mol. The van der Waals surface area contributed by atoms with E-state index in [2.05, 4.69) is 107 Å². The molecule has 0 aliphatic carbocycles. The van der Waals surface area contributed by atoms with Crippen molar-refractivity contribution >= 4 is 103 Å². The van der Waals surface area contributed by atoms with E-state index in [1.807, 2.05) is 48.0 Å². The molecule has 0 radical (unpaired) electrons. The lowest BCUT2D eigenvalue weighted by molar-refractivity contribution is 0.668. The highest BCUT2D eigenvalue weighted by atomic mass is 32.1. The van der Waals surface area contributed by atoms with E-state index in [-0.39, 0.29) is 0 Å². The summed E-state index contributed by atoms with van der Waals surface area (Å²) >= 11 is 1.83. The quantitative estimate of drug-likeness (QED) is 0.208. The topological polar surface area (TPSA) is 42.4 Å². The van der Waals surface area contributed by atoms with Crippen molar-refractivity contribution in [3.63, 3.8) is 0 Å². The third-order valence-electron chi connectivity index (χ3n) is 8.71. The monoisotopic (exact) mass is 582 g/mol. The van der Waals surface area contributed by atoms with Gasteiger partial charge in [-0.25, -0.2) is 0 Å². The van der Waals surface area contributed by atoms with Crippen molar-refractivity contribution in [2.24, 2.45) is 0 Å². The van der Waals surface area contributed by atoms with Gasteiger partial charge in [-0.1, -0.05) is 42.5 Å². The van der Waals surface area contributed by atoms with E-state index >= 15 is 0 Å². The van der Waals surface area contributed by atoms with E-state index in [0.29, 0.717) is 0 Å². The van der Waals surface area contributed by atoms with Crippen LogP contribution in [0.25, 0.3) is 74.8 Å². The minimum Gasteiger partial charge on any atom is -0.456 e. The second-order valence-electron chi connectivity index (χ2n) is 11.2. The molecule has 0 aliphatic rings. The molecule has 4 nitrogen and oxygen atoms in total. The number of hydrogen-bond donors (Lipinski definition) is 0. The van der Waals surface area contributed by atoms with E-state index in [1.54, 1.807) is 0 Å². The third kappa shape index (κ3) is 3.41. The number of fused-ring (bicyclic) bond motifs is 10. The van der Waals surface area contributed by atoms with Crippen LogP contribution in [0, 0.1) is 0 Å². The summed E-state index contributed by atoms with van der Waals surface area (Å²) in [6.45, 7) is 0. The van der Waals surface area contributed by atoms with E-state index in [0.717, 1.165) is 66.3 Å². The molecule has 0 aliphatic heterocycles. The molecule has 10 aromatic rings. The van der Waals surface area contributed by atoms with E-state index in [1.165, 1.54) is 25.6 Å². The van der Waals surface area contributed by atoms with Gasteiger partial charge in [0, 0.05) is 76.9 Å². The lowest BCUT2D eigenvalue weighted by Gasteiger charge is -2.26. The van der Waals surface area contributed by atoms with E-state index < -0.39 is 0 Å². The fourth-order valence-electron chi connectivity index (χ4n) is 6.71. The molecule has 0 atom stereocenters. The lowest BCUT2D eigenvalue weighted by atomic mass is 10.0. The molecule has 5 heteroatoms. The van der Waals surface area contributed by atoms with Gasteiger partial charge in [-0.2, -0.15) is 0 Å². The Morgan fingerprint density at radius 3 is 2.11 bits per heavy atom. The number of hydrogen-bond acceptors (Lipinski definition) is 5. The Morgan fingerprint density at radius 2 is 1.23 bits per heavy atom. The summed E-state index contributed by atoms with van der Waals surface area (Å²) < 4.78 is 15.1. The number of anilines is 3. The molecule has 206 valence electrons. The van der Waals surface area contributed by atoms with Crippen LogP contribution in [0.2, 0.25) is 0 Å². The van der Waals surface area contributed by atoms with Crippen LogP contribution in [-0.2, 0) is 0 Å². The molecule has 0 amide bonds. The Balaban J connectivity index is 1.29. The zero-order valence-electron chi connectivity index (χ0n) is 23.3. The summed E-state index contributed by atoms with van der Waals surface area (Å²) in [5.41, 5.74) is 6.71. The minimum absolute atomic E-state index is 0.864. The molecular formula is C39H22N2O2S. The first-order chi connectivity index (χ1) is 21.8. The Morgan fingerprint density at radius 1 is 0.500 bits per heavy atom. The molecule has 0 fully saturated rings. The summed E-state index contributed by atoms with van der Waals surface area (Å²) in [5, 5.41) is 9.21. The molecule has 4 aromatic heterocycles. The normalized spacial score (nSPS) is 12.1. The maximum Gasteiger partial charge on any atom is 0.137 e. The van der Waals surface area contributed by atoms with Gasteiger partial charge in [-0.3, -0.25) is 4.98 Å². The number of para-hydroxylation sites is 2. The molecule has 0 saturated carbocycles. The largest absolute Gasteiger partial charge is 0.456 e. The average Bonchev–Trinajstić information content (AvgIpc) is 3.74. The molecule has 44 heavy (non-hydrogen) atoms. The van der Waals surface area contributed by atoms with Crippen LogP contribution >= 0.6 is 11.3 Å². The van der Waals surface area contributed by atoms with Crippen molar-refractivity contribution in [1.82, 2.24) is 4.98 Å². The number of nitrogens with zero attached hydrogens (tertiary/aromatic N) is 2. The molecule has 10 rings (SSSR count). The molecule has 0 unspecified atom stereocenters. The summed E-state index contributed by atoms with van der Waals surface area (Å²) in [6, 6.07) is 42.8. The zero-order valence-corrected chi connectivity index (χ0v) is 24.1. The second-order valence-corrected chi connectivity index (χ2v) is 12.3. The van der Waals surface area contributed by atoms with Crippen molar-refractivity contribution in [2.45, 2.75) is 0 Å². The van der Waals surface area contributed by atoms with Crippen LogP contribution in [0.1, 0.15) is 0 Å². The molecule has 0 spiro atoms. The molecular weight excluding hydrogens is 561 g/mol. The fourth-order valence-corrected chi connectivity index (χ4v) is 7.87. The van der Waals surface area contributed by atoms with Crippen LogP contribution in [0.15, 0.2) is 143 Å². The molecule has 0 saturated heterocycles. The molecule has 0 N–H and O–H groups in total. The van der Waals surface area contributed by atoms with E-state index in [9.17, 15) is 0 Å². The zero-order chi connectivity index (χ0) is 28.8. The van der Waals surface area contributed by atoms with Crippen LogP contribution in [-0.4, -0.2) is 4.98 Å². The van der Waals surface area contributed by atoms with Gasteiger partial charge in [0.1, 0.15) is 22.3 Å². The van der Waals surface area contributed by atoms with Crippen molar-refractivity contribution in [1.29, 1.82) is 0 Å². The number of pyridine rings is 1. The highest BCUT2D eigenvalue weighted by Gasteiger charge is 2.21. The van der Waals surface area contributed by atoms with Crippen molar-refractivity contribution in [2.75, 3.05) is 4.90 Å². The van der Waals surface area contributed by atoms with Gasteiger partial charge in [0.15, 0.2) is 0 Å². The minimum atomic E-state index is 0.864. The predicted molar refractivity (Wildman–Crippen MR) is 184 cm³/mol. The van der Waals surface area contributed by atoms with Gasteiger partial charge in [0.05, 0.1) is 5.69 Å². The fraction of sp³-hybridized carbons (Fsp3) is 0. The van der Waals surface area contributed by atoms with Crippen LogP contribution in [0.5, 0.6) is 0 Å². The van der Waals surface area contributed by atoms with Crippen molar-refractivity contribution < 1.29 is 8.83 Å². The molecule has 6 aromatic carbocycles. The lowest BCUT2D eigenvalue weighted by Crippen LogP contribution is -2.10. The number of rotatable bonds is 3. The van der Waals surface area contributed by atoms with Gasteiger partial charge in [-0.15, -0.1) is 11.3 Å². The summed E-state index contributed by atoms with van der Waals surface area (Å²) in [5.74, 6) is 0. The Hall–Kier alpha value is -5.65. The van der Waals surface area contributed by atoms with E-state index in [4.69, 9.17) is 8.83 Å². The first-order valence-electron chi connectivity index (χ1n) is 14.6. The van der Waals surface area contributed by atoms with Crippen molar-refractivity contribution in [3.8, 4) is 0 Å². The number of aromatic nitrogens is 1. The Labute approximate surface area is 255 Å². The first kappa shape index (κ1) is 23.9. The summed E-state index contributed by atoms with van der Waals surface area (Å²) in [4.78, 5) is 6.76. The van der Waals surface area contributed by atoms with Crippen LogP contribution < -0.4 is 4.90 Å². The van der Waals surface area contributed by atoms with Crippen LogP contribution in [0.4, 0.5) is 17.1 Å². The highest BCUT2D eigenvalue weighted by molar-refractivity contribution is 7.26. The summed E-state index contributed by atoms with van der Waals surface area (Å²) in [6.07, 6.45) is 3.81. The Kier molecular flexibility index (Phi) is 4.84. The third-order valence-corrected chi connectivity index (χ3v) is 9.83. The maximum atomic E-state index is 6.37. The predicted octanol–water partition coefficient (Wildman–Crippen LogP) is 11.9. The van der Waals surface area contributed by atoms with Gasteiger partial charge >= 0.3 is 0 Å². The maximum absolute atomic E-state index is 6.37.